The quantitative estimate of drug-likeness (QED) is 0.430. The van der Waals surface area contributed by atoms with Gasteiger partial charge in [-0.1, -0.05) is 0 Å². The molecule has 0 aliphatic heterocycles. The topological polar surface area (TPSA) is 148 Å². The molecule has 170 valence electrons. The van der Waals surface area contributed by atoms with Gasteiger partial charge in [-0.15, -0.1) is 24.8 Å². The number of hydrogen-bond donors (Lipinski definition) is 2. The second-order valence-electron chi connectivity index (χ2n) is 6.08. The fourth-order valence-electron chi connectivity index (χ4n) is 2.96. The molecule has 4 aromatic rings. The van der Waals surface area contributed by atoms with Crippen LogP contribution in [0, 0.1) is 0 Å². The van der Waals surface area contributed by atoms with Crippen molar-refractivity contribution in [1.82, 2.24) is 19.4 Å². The van der Waals surface area contributed by atoms with Crippen molar-refractivity contribution in [3.05, 3.63) is 60.6 Å². The van der Waals surface area contributed by atoms with Crippen molar-refractivity contribution >= 4 is 48.1 Å². The lowest BCUT2D eigenvalue weighted by atomic mass is 10.1. The first-order valence-electron chi connectivity index (χ1n) is 8.69. The minimum absolute atomic E-state index is 0. The Morgan fingerprint density at radius 3 is 2.47 bits per heavy atom. The normalized spacial score (nSPS) is 9.69. The number of halogens is 2. The summed E-state index contributed by atoms with van der Waals surface area (Å²) in [4.78, 5) is 25.0. The third kappa shape index (κ3) is 4.99. The first kappa shape index (κ1) is 26.4. The van der Waals surface area contributed by atoms with Gasteiger partial charge in [0.25, 0.3) is 5.91 Å². The Labute approximate surface area is 195 Å². The maximum Gasteiger partial charge on any atom is 0.252 e. The van der Waals surface area contributed by atoms with Crippen LogP contribution in [-0.4, -0.2) is 45.0 Å². The molecule has 32 heavy (non-hydrogen) atoms. The van der Waals surface area contributed by atoms with Crippen LogP contribution in [0.5, 0.6) is 11.5 Å². The van der Waals surface area contributed by atoms with E-state index < -0.39 is 5.91 Å². The van der Waals surface area contributed by atoms with Crippen molar-refractivity contribution in [2.45, 2.75) is 0 Å². The highest BCUT2D eigenvalue weighted by molar-refractivity contribution is 5.98. The van der Waals surface area contributed by atoms with Gasteiger partial charge in [-0.05, 0) is 30.3 Å². The standard InChI is InChI=1S/C20H18N6O3.2ClH.H2O/c1-28-15-6-5-12(10-16(15)29-2)14-11-17-22-8-9-26(17)20(24-14)25-19-13(18(21)27)4-3-7-23-19;;;/h3-11H,1-2H3,(H2,21,27)(H,23,24,25);2*1H;1H2. The van der Waals surface area contributed by atoms with Crippen LogP contribution in [0.1, 0.15) is 10.4 Å². The van der Waals surface area contributed by atoms with Crippen LogP contribution < -0.4 is 20.5 Å². The summed E-state index contributed by atoms with van der Waals surface area (Å²) in [5.74, 6) is 1.37. The number of aromatic nitrogens is 4. The molecule has 12 heteroatoms. The van der Waals surface area contributed by atoms with Gasteiger partial charge in [0.15, 0.2) is 11.5 Å². The van der Waals surface area contributed by atoms with Gasteiger partial charge < -0.3 is 26.0 Å². The predicted molar refractivity (Wildman–Crippen MR) is 126 cm³/mol. The minimum atomic E-state index is -0.585. The third-order valence-corrected chi connectivity index (χ3v) is 4.37. The number of benzene rings is 1. The Bertz CT molecular complexity index is 1220. The number of pyridine rings is 1. The number of carbonyl (C=O) groups excluding carboxylic acids is 1. The average molecular weight is 481 g/mol. The van der Waals surface area contributed by atoms with Crippen LogP contribution >= 0.6 is 24.8 Å². The molecule has 5 N–H and O–H groups in total. The molecule has 1 amide bonds. The molecule has 1 aromatic carbocycles. The van der Waals surface area contributed by atoms with Crippen molar-refractivity contribution in [1.29, 1.82) is 0 Å². The molecular weight excluding hydrogens is 459 g/mol. The summed E-state index contributed by atoms with van der Waals surface area (Å²) in [6.45, 7) is 0. The third-order valence-electron chi connectivity index (χ3n) is 4.37. The van der Waals surface area contributed by atoms with E-state index in [2.05, 4.69) is 15.3 Å². The van der Waals surface area contributed by atoms with Gasteiger partial charge in [-0.25, -0.2) is 15.0 Å². The molecule has 0 aliphatic carbocycles. The van der Waals surface area contributed by atoms with Crippen molar-refractivity contribution in [2.24, 2.45) is 5.73 Å². The zero-order valence-corrected chi connectivity index (χ0v) is 18.7. The number of nitrogens with two attached hydrogens (primary N) is 1. The highest BCUT2D eigenvalue weighted by atomic mass is 35.5. The monoisotopic (exact) mass is 480 g/mol. The molecule has 0 fully saturated rings. The number of nitrogens with zero attached hydrogens (tertiary/aromatic N) is 4. The van der Waals surface area contributed by atoms with E-state index in [0.717, 1.165) is 5.56 Å². The number of ether oxygens (including phenoxy) is 2. The van der Waals surface area contributed by atoms with Crippen LogP contribution in [0.25, 0.3) is 16.9 Å². The fourth-order valence-corrected chi connectivity index (χ4v) is 2.96. The summed E-state index contributed by atoms with van der Waals surface area (Å²) < 4.78 is 12.4. The van der Waals surface area contributed by atoms with E-state index in [4.69, 9.17) is 20.2 Å². The minimum Gasteiger partial charge on any atom is -0.493 e. The molecule has 0 saturated carbocycles. The number of fused-ring (bicyclic) bond motifs is 1. The van der Waals surface area contributed by atoms with Gasteiger partial charge >= 0.3 is 0 Å². The molecule has 0 aliphatic rings. The van der Waals surface area contributed by atoms with Crippen LogP contribution in [0.2, 0.25) is 0 Å². The van der Waals surface area contributed by atoms with Crippen molar-refractivity contribution in [3.63, 3.8) is 0 Å². The molecule has 0 saturated heterocycles. The molecule has 0 unspecified atom stereocenters. The average Bonchev–Trinajstić information content (AvgIpc) is 3.22. The van der Waals surface area contributed by atoms with Gasteiger partial charge in [0.1, 0.15) is 11.5 Å². The van der Waals surface area contributed by atoms with Crippen LogP contribution in [0.15, 0.2) is 55.0 Å². The molecule has 0 bridgehead atoms. The largest absolute Gasteiger partial charge is 0.493 e. The Morgan fingerprint density at radius 2 is 1.78 bits per heavy atom. The number of methoxy groups -OCH3 is 2. The molecule has 3 aromatic heterocycles. The number of rotatable bonds is 6. The zero-order chi connectivity index (χ0) is 20.4. The molecule has 3 heterocycles. The second-order valence-corrected chi connectivity index (χ2v) is 6.08. The maximum absolute atomic E-state index is 11.7. The number of amides is 1. The second kappa shape index (κ2) is 11.1. The highest BCUT2D eigenvalue weighted by Crippen LogP contribution is 2.32. The molecule has 0 radical (unpaired) electrons. The Morgan fingerprint density at radius 1 is 1.03 bits per heavy atom. The van der Waals surface area contributed by atoms with Crippen molar-refractivity contribution in [2.75, 3.05) is 19.5 Å². The fraction of sp³-hybridized carbons (Fsp3) is 0.100. The van der Waals surface area contributed by atoms with E-state index in [1.165, 1.54) is 0 Å². The summed E-state index contributed by atoms with van der Waals surface area (Å²) in [7, 11) is 3.16. The predicted octanol–water partition coefficient (Wildman–Crippen LogP) is 2.67. The number of hydrogen-bond acceptors (Lipinski definition) is 7. The van der Waals surface area contributed by atoms with E-state index in [-0.39, 0.29) is 35.9 Å². The number of carbonyl (C=O) groups is 1. The SMILES string of the molecule is COc1ccc(-c2cc3nccn3c(Nc3ncccc3C(N)=O)n2)cc1OC.Cl.Cl.O. The van der Waals surface area contributed by atoms with E-state index in [0.29, 0.717) is 34.6 Å². The first-order valence-corrected chi connectivity index (χ1v) is 8.69. The lowest BCUT2D eigenvalue weighted by molar-refractivity contribution is 0.100. The number of primary amides is 1. The zero-order valence-electron chi connectivity index (χ0n) is 17.1. The van der Waals surface area contributed by atoms with Gasteiger partial charge in [0.05, 0.1) is 25.5 Å². The molecule has 0 atom stereocenters. The first-order chi connectivity index (χ1) is 14.1. The summed E-state index contributed by atoms with van der Waals surface area (Å²) in [6, 6.07) is 10.6. The summed E-state index contributed by atoms with van der Waals surface area (Å²) >= 11 is 0. The number of anilines is 2. The van der Waals surface area contributed by atoms with Crippen LogP contribution in [0.4, 0.5) is 11.8 Å². The summed E-state index contributed by atoms with van der Waals surface area (Å²) in [5, 5.41) is 3.09. The summed E-state index contributed by atoms with van der Waals surface area (Å²) in [6.07, 6.45) is 4.99. The van der Waals surface area contributed by atoms with Crippen molar-refractivity contribution in [3.8, 4) is 22.8 Å². The van der Waals surface area contributed by atoms with E-state index in [9.17, 15) is 4.79 Å². The van der Waals surface area contributed by atoms with Crippen LogP contribution in [0.3, 0.4) is 0 Å². The number of imidazole rings is 1. The molecular formula is C20H22Cl2N6O4. The van der Waals surface area contributed by atoms with Gasteiger partial charge in [-0.2, -0.15) is 0 Å². The van der Waals surface area contributed by atoms with Crippen molar-refractivity contribution < 1.29 is 19.7 Å². The lowest BCUT2D eigenvalue weighted by Gasteiger charge is -2.13. The van der Waals surface area contributed by atoms with Gasteiger partial charge in [0, 0.05) is 30.2 Å². The van der Waals surface area contributed by atoms with E-state index in [1.54, 1.807) is 49.3 Å². The smallest absolute Gasteiger partial charge is 0.252 e. The van der Waals surface area contributed by atoms with Crippen LogP contribution in [-0.2, 0) is 0 Å². The Balaban J connectivity index is 0.00000171. The maximum atomic E-state index is 11.7. The molecule has 10 nitrogen and oxygen atoms in total. The Hall–Kier alpha value is -3.60. The van der Waals surface area contributed by atoms with E-state index in [1.807, 2.05) is 24.3 Å². The number of nitrogens with one attached hydrogen (secondary N) is 1. The van der Waals surface area contributed by atoms with E-state index >= 15 is 0 Å². The highest BCUT2D eigenvalue weighted by Gasteiger charge is 2.14. The Kier molecular flexibility index (Phi) is 9.20. The lowest BCUT2D eigenvalue weighted by Crippen LogP contribution is -2.15. The molecule has 0 spiro atoms. The van der Waals surface area contributed by atoms with Gasteiger partial charge in [-0.3, -0.25) is 9.20 Å². The molecule has 4 rings (SSSR count). The van der Waals surface area contributed by atoms with Gasteiger partial charge in [0.2, 0.25) is 5.95 Å². The summed E-state index contributed by atoms with van der Waals surface area (Å²) in [5.41, 5.74) is 7.86.